The van der Waals surface area contributed by atoms with Gasteiger partial charge < -0.3 is 14.8 Å². The van der Waals surface area contributed by atoms with E-state index in [4.69, 9.17) is 9.47 Å². The van der Waals surface area contributed by atoms with Crippen molar-refractivity contribution in [1.29, 1.82) is 0 Å². The Morgan fingerprint density at radius 2 is 1.62 bits per heavy atom. The van der Waals surface area contributed by atoms with E-state index in [2.05, 4.69) is 30.2 Å². The van der Waals surface area contributed by atoms with Crippen LogP contribution in [0.2, 0.25) is 0 Å². The van der Waals surface area contributed by atoms with Crippen molar-refractivity contribution >= 4 is 17.0 Å². The minimum atomic E-state index is -4.54. The molecular weight excluding hydrogens is 449 g/mol. The Bertz CT molecular complexity index is 1310. The Hall–Kier alpha value is -4.02. The second-order valence-corrected chi connectivity index (χ2v) is 7.45. The number of fused-ring (bicyclic) bond motifs is 1. The van der Waals surface area contributed by atoms with Gasteiger partial charge in [0.05, 0.1) is 24.1 Å². The fourth-order valence-electron chi connectivity index (χ4n) is 3.14. The SMILES string of the molecule is COc1cc(C(F)(F)F)cc(Oc2ccc(CCNc3ncnc4nc(C)c(C)nc34)cc2)n1. The molecule has 0 unspecified atom stereocenters. The molecule has 0 fully saturated rings. The molecule has 4 aromatic rings. The monoisotopic (exact) mass is 470 g/mol. The molecule has 4 rings (SSSR count). The number of aromatic nitrogens is 5. The molecule has 8 nitrogen and oxygen atoms in total. The number of pyridine rings is 1. The second-order valence-electron chi connectivity index (χ2n) is 7.45. The minimum Gasteiger partial charge on any atom is -0.481 e. The summed E-state index contributed by atoms with van der Waals surface area (Å²) in [5.41, 5.74) is 2.86. The Kier molecular flexibility index (Phi) is 6.44. The predicted molar refractivity (Wildman–Crippen MR) is 119 cm³/mol. The molecule has 1 N–H and O–H groups in total. The minimum absolute atomic E-state index is 0.181. The van der Waals surface area contributed by atoms with Gasteiger partial charge in [-0.3, -0.25) is 0 Å². The Morgan fingerprint density at radius 3 is 2.32 bits per heavy atom. The van der Waals surface area contributed by atoms with Gasteiger partial charge in [0.25, 0.3) is 0 Å². The average molecular weight is 470 g/mol. The van der Waals surface area contributed by atoms with Crippen LogP contribution >= 0.6 is 0 Å². The highest BCUT2D eigenvalue weighted by Crippen LogP contribution is 2.34. The third-order valence-electron chi connectivity index (χ3n) is 5.05. The summed E-state index contributed by atoms with van der Waals surface area (Å²) < 4.78 is 49.6. The largest absolute Gasteiger partial charge is 0.481 e. The van der Waals surface area contributed by atoms with E-state index < -0.39 is 11.7 Å². The lowest BCUT2D eigenvalue weighted by molar-refractivity contribution is -0.137. The van der Waals surface area contributed by atoms with E-state index in [1.165, 1.54) is 13.4 Å². The molecule has 0 spiro atoms. The third-order valence-corrected chi connectivity index (χ3v) is 5.05. The van der Waals surface area contributed by atoms with Crippen molar-refractivity contribution in [2.24, 2.45) is 0 Å². The zero-order chi connectivity index (χ0) is 24.3. The molecule has 0 amide bonds. The summed E-state index contributed by atoms with van der Waals surface area (Å²) >= 11 is 0. The van der Waals surface area contributed by atoms with Crippen LogP contribution in [0.25, 0.3) is 11.2 Å². The van der Waals surface area contributed by atoms with Gasteiger partial charge in [0, 0.05) is 18.7 Å². The first kappa shape index (κ1) is 23.1. The Morgan fingerprint density at radius 1 is 0.912 bits per heavy atom. The van der Waals surface area contributed by atoms with Gasteiger partial charge in [-0.25, -0.2) is 19.9 Å². The summed E-state index contributed by atoms with van der Waals surface area (Å²) in [5.74, 6) is 0.571. The highest BCUT2D eigenvalue weighted by molar-refractivity contribution is 5.82. The van der Waals surface area contributed by atoms with Gasteiger partial charge in [-0.05, 0) is 38.0 Å². The molecule has 0 aliphatic carbocycles. The molecule has 0 aliphatic heterocycles. The first-order valence-electron chi connectivity index (χ1n) is 10.3. The molecule has 34 heavy (non-hydrogen) atoms. The Balaban J connectivity index is 1.41. The summed E-state index contributed by atoms with van der Waals surface area (Å²) in [4.78, 5) is 21.3. The van der Waals surface area contributed by atoms with Crippen LogP contribution in [0.4, 0.5) is 19.0 Å². The highest BCUT2D eigenvalue weighted by atomic mass is 19.4. The van der Waals surface area contributed by atoms with Crippen LogP contribution in [-0.2, 0) is 12.6 Å². The van der Waals surface area contributed by atoms with Crippen molar-refractivity contribution < 1.29 is 22.6 Å². The lowest BCUT2D eigenvalue weighted by atomic mass is 10.1. The van der Waals surface area contributed by atoms with Gasteiger partial charge in [-0.1, -0.05) is 12.1 Å². The van der Waals surface area contributed by atoms with Crippen LogP contribution in [-0.4, -0.2) is 38.6 Å². The first-order valence-corrected chi connectivity index (χ1v) is 10.3. The van der Waals surface area contributed by atoms with E-state index in [9.17, 15) is 13.2 Å². The van der Waals surface area contributed by atoms with Crippen molar-refractivity contribution in [2.45, 2.75) is 26.4 Å². The van der Waals surface area contributed by atoms with E-state index in [-0.39, 0.29) is 11.8 Å². The number of hydrogen-bond donors (Lipinski definition) is 1. The highest BCUT2D eigenvalue weighted by Gasteiger charge is 2.32. The fraction of sp³-hybridized carbons (Fsp3) is 0.261. The molecule has 0 atom stereocenters. The van der Waals surface area contributed by atoms with Crippen LogP contribution in [0.3, 0.4) is 0 Å². The molecular formula is C23H21F3N6O2. The normalized spacial score (nSPS) is 11.5. The molecule has 0 saturated heterocycles. The maximum absolute atomic E-state index is 13.1. The second kappa shape index (κ2) is 9.46. The van der Waals surface area contributed by atoms with Crippen molar-refractivity contribution in [3.63, 3.8) is 0 Å². The van der Waals surface area contributed by atoms with Crippen molar-refractivity contribution in [3.8, 4) is 17.5 Å². The molecule has 1 aromatic carbocycles. The van der Waals surface area contributed by atoms with Crippen LogP contribution < -0.4 is 14.8 Å². The maximum Gasteiger partial charge on any atom is 0.416 e. The first-order chi connectivity index (χ1) is 16.2. The van der Waals surface area contributed by atoms with E-state index in [1.807, 2.05) is 26.0 Å². The molecule has 0 saturated carbocycles. The third kappa shape index (κ3) is 5.30. The number of methoxy groups -OCH3 is 1. The molecule has 0 bridgehead atoms. The molecule has 0 radical (unpaired) electrons. The summed E-state index contributed by atoms with van der Waals surface area (Å²) in [6.45, 7) is 4.34. The van der Waals surface area contributed by atoms with Crippen molar-refractivity contribution in [3.05, 3.63) is 65.2 Å². The molecule has 11 heteroatoms. The number of nitrogens with one attached hydrogen (secondary N) is 1. The molecule has 0 aliphatic rings. The van der Waals surface area contributed by atoms with Gasteiger partial charge in [-0.2, -0.15) is 18.2 Å². The topological polar surface area (TPSA) is 94.9 Å². The number of hydrogen-bond acceptors (Lipinski definition) is 8. The lowest BCUT2D eigenvalue weighted by Crippen LogP contribution is -2.09. The zero-order valence-corrected chi connectivity index (χ0v) is 18.6. The number of aryl methyl sites for hydroxylation is 2. The van der Waals surface area contributed by atoms with Gasteiger partial charge >= 0.3 is 6.18 Å². The number of ether oxygens (including phenoxy) is 2. The Labute approximate surface area is 193 Å². The molecule has 3 aromatic heterocycles. The summed E-state index contributed by atoms with van der Waals surface area (Å²) in [7, 11) is 1.24. The van der Waals surface area contributed by atoms with Gasteiger partial charge in [0.2, 0.25) is 11.8 Å². The fourth-order valence-corrected chi connectivity index (χ4v) is 3.14. The number of rotatable bonds is 7. The predicted octanol–water partition coefficient (Wildman–Crippen LogP) is 4.91. The number of benzene rings is 1. The van der Waals surface area contributed by atoms with E-state index >= 15 is 0 Å². The van der Waals surface area contributed by atoms with Crippen LogP contribution in [0.5, 0.6) is 17.5 Å². The van der Waals surface area contributed by atoms with E-state index in [1.54, 1.807) is 12.1 Å². The molecule has 176 valence electrons. The molecule has 3 heterocycles. The smallest absolute Gasteiger partial charge is 0.416 e. The number of nitrogens with zero attached hydrogens (tertiary/aromatic N) is 5. The van der Waals surface area contributed by atoms with Gasteiger partial charge in [-0.15, -0.1) is 0 Å². The quantitative estimate of drug-likeness (QED) is 0.407. The number of anilines is 1. The van der Waals surface area contributed by atoms with Gasteiger partial charge in [0.1, 0.15) is 12.1 Å². The van der Waals surface area contributed by atoms with Gasteiger partial charge in [0.15, 0.2) is 17.0 Å². The standard InChI is InChI=1S/C23H21F3N6O2/c1-13-14(2)31-22-20(30-13)21(28-12-29-22)27-9-8-15-4-6-17(7-5-15)34-19-11-16(23(24,25)26)10-18(32-19)33-3/h4-7,10-12H,8-9H2,1-3H3,(H,27,28,29,31). The van der Waals surface area contributed by atoms with Crippen LogP contribution in [0.1, 0.15) is 22.5 Å². The van der Waals surface area contributed by atoms with Crippen LogP contribution in [0.15, 0.2) is 42.7 Å². The van der Waals surface area contributed by atoms with E-state index in [0.29, 0.717) is 35.7 Å². The summed E-state index contributed by atoms with van der Waals surface area (Å²) in [6, 6.07) is 8.64. The van der Waals surface area contributed by atoms with Crippen LogP contribution in [0, 0.1) is 13.8 Å². The summed E-state index contributed by atoms with van der Waals surface area (Å²) in [6.07, 6.45) is -2.43. The maximum atomic E-state index is 13.1. The van der Waals surface area contributed by atoms with Crippen molar-refractivity contribution in [2.75, 3.05) is 19.0 Å². The van der Waals surface area contributed by atoms with E-state index in [0.717, 1.165) is 29.1 Å². The summed E-state index contributed by atoms with van der Waals surface area (Å²) in [5, 5.41) is 3.25. The van der Waals surface area contributed by atoms with Crippen molar-refractivity contribution in [1.82, 2.24) is 24.9 Å². The lowest BCUT2D eigenvalue weighted by Gasteiger charge is -2.12. The zero-order valence-electron chi connectivity index (χ0n) is 18.6. The number of halogens is 3. The average Bonchev–Trinajstić information content (AvgIpc) is 2.80. The number of alkyl halides is 3.